The highest BCUT2D eigenvalue weighted by atomic mass is 16.4. The number of ketones is 1. The number of anilines is 1. The summed E-state index contributed by atoms with van der Waals surface area (Å²) in [6, 6.07) is 6.39. The molecule has 2 aliphatic rings. The molecule has 18 heavy (non-hydrogen) atoms. The quantitative estimate of drug-likeness (QED) is 0.720. The summed E-state index contributed by atoms with van der Waals surface area (Å²) in [5, 5.41) is 12.0. The number of allylic oxidation sites excluding steroid dienone is 1. The average Bonchev–Trinajstić information content (AvgIpc) is 2.35. The number of hydrogen-bond acceptors (Lipinski definition) is 4. The molecule has 1 unspecified atom stereocenters. The number of carboxylic acid groups (broad SMARTS) is 1. The standard InChI is InChI=1S/C13H10N2O3/c16-11-6-10-9(15-12(11)13(17)18)5-7-3-1-2-4-8(7)14-10/h1-4,6,12,14H,5H2,(H,17,18). The summed E-state index contributed by atoms with van der Waals surface area (Å²) in [4.78, 5) is 26.5. The van der Waals surface area contributed by atoms with Gasteiger partial charge in [0.1, 0.15) is 0 Å². The van der Waals surface area contributed by atoms with E-state index in [4.69, 9.17) is 5.11 Å². The number of aliphatic imine (C=N–C) groups is 1. The van der Waals surface area contributed by atoms with Crippen LogP contribution in [0, 0.1) is 0 Å². The highest BCUT2D eigenvalue weighted by molar-refractivity contribution is 6.20. The number of carbonyl (C=O) groups excluding carboxylic acids is 1. The highest BCUT2D eigenvalue weighted by Gasteiger charge is 2.31. The van der Waals surface area contributed by atoms with Crippen molar-refractivity contribution < 1.29 is 14.7 Å². The lowest BCUT2D eigenvalue weighted by atomic mass is 9.95. The summed E-state index contributed by atoms with van der Waals surface area (Å²) in [5.41, 5.74) is 3.22. The molecule has 90 valence electrons. The van der Waals surface area contributed by atoms with Gasteiger partial charge in [0.25, 0.3) is 0 Å². The average molecular weight is 242 g/mol. The molecular formula is C13H10N2O3. The topological polar surface area (TPSA) is 78.8 Å². The Morgan fingerprint density at radius 3 is 2.94 bits per heavy atom. The van der Waals surface area contributed by atoms with E-state index in [2.05, 4.69) is 10.3 Å². The molecular weight excluding hydrogens is 232 g/mol. The normalized spacial score (nSPS) is 21.1. The van der Waals surface area contributed by atoms with Crippen LogP contribution in [-0.2, 0) is 16.0 Å². The highest BCUT2D eigenvalue weighted by Crippen LogP contribution is 2.27. The van der Waals surface area contributed by atoms with E-state index >= 15 is 0 Å². The molecule has 0 amide bonds. The van der Waals surface area contributed by atoms with Crippen molar-refractivity contribution in [3.63, 3.8) is 0 Å². The van der Waals surface area contributed by atoms with E-state index in [9.17, 15) is 9.59 Å². The predicted molar refractivity (Wildman–Crippen MR) is 65.7 cm³/mol. The molecule has 3 rings (SSSR count). The Morgan fingerprint density at radius 1 is 1.39 bits per heavy atom. The van der Waals surface area contributed by atoms with Crippen molar-refractivity contribution in [2.75, 3.05) is 5.32 Å². The number of aliphatic carboxylic acids is 1. The van der Waals surface area contributed by atoms with Crippen LogP contribution in [0.3, 0.4) is 0 Å². The van der Waals surface area contributed by atoms with Crippen LogP contribution in [-0.4, -0.2) is 28.6 Å². The fourth-order valence-corrected chi connectivity index (χ4v) is 2.14. The first-order valence-electron chi connectivity index (χ1n) is 5.55. The number of nitrogens with zero attached hydrogens (tertiary/aromatic N) is 1. The minimum absolute atomic E-state index is 0.492. The van der Waals surface area contributed by atoms with Gasteiger partial charge in [-0.25, -0.2) is 4.79 Å². The summed E-state index contributed by atoms with van der Waals surface area (Å²) in [5.74, 6) is -1.70. The lowest BCUT2D eigenvalue weighted by Crippen LogP contribution is -2.35. The Morgan fingerprint density at radius 2 is 2.17 bits per heavy atom. The number of fused-ring (bicyclic) bond motifs is 2. The molecule has 0 aliphatic carbocycles. The second kappa shape index (κ2) is 3.80. The maximum Gasteiger partial charge on any atom is 0.336 e. The van der Waals surface area contributed by atoms with E-state index in [1.165, 1.54) is 6.08 Å². The van der Waals surface area contributed by atoms with Crippen molar-refractivity contribution in [2.45, 2.75) is 12.5 Å². The van der Waals surface area contributed by atoms with E-state index < -0.39 is 17.8 Å². The van der Waals surface area contributed by atoms with Gasteiger partial charge in [-0.05, 0) is 11.6 Å². The first-order valence-corrected chi connectivity index (χ1v) is 5.55. The fourth-order valence-electron chi connectivity index (χ4n) is 2.14. The number of rotatable bonds is 1. The first-order chi connectivity index (χ1) is 8.65. The van der Waals surface area contributed by atoms with Gasteiger partial charge in [0.15, 0.2) is 5.78 Å². The Bertz CT molecular complexity index is 616. The zero-order valence-electron chi connectivity index (χ0n) is 9.38. The molecule has 0 radical (unpaired) electrons. The monoisotopic (exact) mass is 242 g/mol. The van der Waals surface area contributed by atoms with Crippen LogP contribution in [0.5, 0.6) is 0 Å². The number of nitrogens with one attached hydrogen (secondary N) is 1. The van der Waals surface area contributed by atoms with E-state index in [1.54, 1.807) is 0 Å². The molecule has 0 spiro atoms. The SMILES string of the molecule is O=C(O)C1N=C2Cc3ccccc3NC2=CC1=O. The summed E-state index contributed by atoms with van der Waals surface area (Å²) in [6.45, 7) is 0. The third kappa shape index (κ3) is 1.60. The van der Waals surface area contributed by atoms with Gasteiger partial charge >= 0.3 is 5.97 Å². The summed E-state index contributed by atoms with van der Waals surface area (Å²) in [7, 11) is 0. The molecule has 0 aromatic heterocycles. The molecule has 1 atom stereocenters. The molecule has 2 heterocycles. The lowest BCUT2D eigenvalue weighted by Gasteiger charge is -2.25. The summed E-state index contributed by atoms with van der Waals surface area (Å²) < 4.78 is 0. The summed E-state index contributed by atoms with van der Waals surface area (Å²) >= 11 is 0. The maximum atomic E-state index is 11.6. The Balaban J connectivity index is 2.03. The molecule has 5 nitrogen and oxygen atoms in total. The van der Waals surface area contributed by atoms with Crippen molar-refractivity contribution in [1.29, 1.82) is 0 Å². The Labute approximate surface area is 103 Å². The van der Waals surface area contributed by atoms with Crippen LogP contribution in [0.4, 0.5) is 5.69 Å². The molecule has 5 heteroatoms. The lowest BCUT2D eigenvalue weighted by molar-refractivity contribution is -0.141. The van der Waals surface area contributed by atoms with Crippen molar-refractivity contribution in [1.82, 2.24) is 0 Å². The number of hydrogen-bond donors (Lipinski definition) is 2. The fraction of sp³-hybridized carbons (Fsp3) is 0.154. The first kappa shape index (κ1) is 10.7. The Hall–Kier alpha value is -2.43. The van der Waals surface area contributed by atoms with Crippen LogP contribution in [0.2, 0.25) is 0 Å². The molecule has 1 aromatic rings. The van der Waals surface area contributed by atoms with Crippen LogP contribution < -0.4 is 5.32 Å². The van der Waals surface area contributed by atoms with Gasteiger partial charge in [0.2, 0.25) is 6.04 Å². The van der Waals surface area contributed by atoms with Crippen molar-refractivity contribution >= 4 is 23.2 Å². The van der Waals surface area contributed by atoms with Gasteiger partial charge < -0.3 is 10.4 Å². The zero-order chi connectivity index (χ0) is 12.7. The van der Waals surface area contributed by atoms with E-state index in [0.717, 1.165) is 11.3 Å². The molecule has 2 N–H and O–H groups in total. The molecule has 2 aliphatic heterocycles. The minimum atomic E-state index is -1.30. The number of para-hydroxylation sites is 1. The molecule has 0 fully saturated rings. The van der Waals surface area contributed by atoms with Crippen molar-refractivity contribution in [3.8, 4) is 0 Å². The third-order valence-electron chi connectivity index (χ3n) is 3.03. The number of carbonyl (C=O) groups is 2. The number of carboxylic acids is 1. The van der Waals surface area contributed by atoms with E-state index in [0.29, 0.717) is 17.8 Å². The molecule has 0 saturated carbocycles. The third-order valence-corrected chi connectivity index (χ3v) is 3.03. The van der Waals surface area contributed by atoms with Gasteiger partial charge in [-0.3, -0.25) is 9.79 Å². The smallest absolute Gasteiger partial charge is 0.336 e. The van der Waals surface area contributed by atoms with Gasteiger partial charge in [0.05, 0.1) is 11.4 Å². The van der Waals surface area contributed by atoms with E-state index in [1.807, 2.05) is 24.3 Å². The van der Waals surface area contributed by atoms with Gasteiger partial charge in [-0.2, -0.15) is 0 Å². The predicted octanol–water partition coefficient (Wildman–Crippen LogP) is 1.02. The maximum absolute atomic E-state index is 11.6. The van der Waals surface area contributed by atoms with Crippen molar-refractivity contribution in [2.24, 2.45) is 4.99 Å². The van der Waals surface area contributed by atoms with Crippen LogP contribution in [0.25, 0.3) is 0 Å². The van der Waals surface area contributed by atoms with Gasteiger partial charge in [-0.15, -0.1) is 0 Å². The van der Waals surface area contributed by atoms with Crippen molar-refractivity contribution in [3.05, 3.63) is 41.6 Å². The molecule has 0 bridgehead atoms. The zero-order valence-corrected chi connectivity index (χ0v) is 9.38. The summed E-state index contributed by atoms with van der Waals surface area (Å²) in [6.07, 6.45) is 1.88. The van der Waals surface area contributed by atoms with Crippen LogP contribution >= 0.6 is 0 Å². The largest absolute Gasteiger partial charge is 0.479 e. The second-order valence-corrected chi connectivity index (χ2v) is 4.24. The van der Waals surface area contributed by atoms with E-state index in [-0.39, 0.29) is 0 Å². The van der Waals surface area contributed by atoms with Crippen LogP contribution in [0.15, 0.2) is 41.0 Å². The second-order valence-electron chi connectivity index (χ2n) is 4.24. The number of dihydropyridines is 1. The van der Waals surface area contributed by atoms with Gasteiger partial charge in [-0.1, -0.05) is 18.2 Å². The number of benzene rings is 1. The Kier molecular flexibility index (Phi) is 2.26. The molecule has 1 aromatic carbocycles. The van der Waals surface area contributed by atoms with Crippen LogP contribution in [0.1, 0.15) is 5.56 Å². The van der Waals surface area contributed by atoms with Gasteiger partial charge in [0, 0.05) is 18.2 Å². The molecule has 0 saturated heterocycles. The minimum Gasteiger partial charge on any atom is -0.479 e.